The first kappa shape index (κ1) is 20.4. The lowest BCUT2D eigenvalue weighted by Gasteiger charge is -2.30. The van der Waals surface area contributed by atoms with Gasteiger partial charge >= 0.3 is 5.97 Å². The molecule has 7 nitrogen and oxygen atoms in total. The third-order valence-corrected chi connectivity index (χ3v) is 4.63. The van der Waals surface area contributed by atoms with Crippen LogP contribution in [0, 0.1) is 0 Å². The highest BCUT2D eigenvalue weighted by Crippen LogP contribution is 2.35. The van der Waals surface area contributed by atoms with Crippen molar-refractivity contribution in [2.45, 2.75) is 32.7 Å². The third kappa shape index (κ3) is 4.93. The standard InChI is InChI=1S/C22H24N2O5/c1-3-4-8-20(25)23-17-9-10-19-18(12-17)24(21(26)14-29-19)13-15-6-5-7-16(11-15)22(27)28-2/h5-7,9-12H,3-4,8,13-14H2,1-2H3,(H,23,25). The first-order chi connectivity index (χ1) is 14.0. The fourth-order valence-corrected chi connectivity index (χ4v) is 3.11. The number of nitrogens with one attached hydrogen (secondary N) is 1. The minimum Gasteiger partial charge on any atom is -0.482 e. The lowest BCUT2D eigenvalue weighted by molar-refractivity contribution is -0.121. The quantitative estimate of drug-likeness (QED) is 0.724. The first-order valence-electron chi connectivity index (χ1n) is 9.56. The number of fused-ring (bicyclic) bond motifs is 1. The molecule has 0 spiro atoms. The van der Waals surface area contributed by atoms with Gasteiger partial charge in [0.05, 0.1) is 24.9 Å². The van der Waals surface area contributed by atoms with Crippen molar-refractivity contribution in [3.8, 4) is 5.75 Å². The van der Waals surface area contributed by atoms with E-state index in [1.807, 2.05) is 13.0 Å². The molecule has 0 unspecified atom stereocenters. The molecule has 0 fully saturated rings. The maximum absolute atomic E-state index is 12.5. The normalized spacial score (nSPS) is 12.8. The Bertz CT molecular complexity index is 925. The number of esters is 1. The number of unbranched alkanes of at least 4 members (excludes halogenated alkanes) is 1. The summed E-state index contributed by atoms with van der Waals surface area (Å²) in [7, 11) is 1.33. The summed E-state index contributed by atoms with van der Waals surface area (Å²) in [5.41, 5.74) is 2.39. The van der Waals surface area contributed by atoms with Gasteiger partial charge in [-0.15, -0.1) is 0 Å². The van der Waals surface area contributed by atoms with Gasteiger partial charge in [-0.25, -0.2) is 4.79 Å². The average Bonchev–Trinajstić information content (AvgIpc) is 2.74. The highest BCUT2D eigenvalue weighted by atomic mass is 16.5. The van der Waals surface area contributed by atoms with Gasteiger partial charge < -0.3 is 19.7 Å². The van der Waals surface area contributed by atoms with Gasteiger partial charge in [0.25, 0.3) is 5.91 Å². The van der Waals surface area contributed by atoms with Crippen LogP contribution in [0.4, 0.5) is 11.4 Å². The summed E-state index contributed by atoms with van der Waals surface area (Å²) in [5.74, 6) is -0.125. The number of rotatable bonds is 7. The van der Waals surface area contributed by atoms with Crippen molar-refractivity contribution in [2.75, 3.05) is 23.9 Å². The zero-order chi connectivity index (χ0) is 20.8. The van der Waals surface area contributed by atoms with Gasteiger partial charge in [0.15, 0.2) is 6.61 Å². The van der Waals surface area contributed by atoms with E-state index in [0.29, 0.717) is 29.1 Å². The van der Waals surface area contributed by atoms with E-state index in [2.05, 4.69) is 5.32 Å². The molecule has 0 aromatic heterocycles. The largest absolute Gasteiger partial charge is 0.482 e. The average molecular weight is 396 g/mol. The number of amides is 2. The van der Waals surface area contributed by atoms with Gasteiger partial charge in [-0.05, 0) is 42.3 Å². The molecule has 1 aliphatic heterocycles. The Morgan fingerprint density at radius 1 is 1.21 bits per heavy atom. The zero-order valence-electron chi connectivity index (χ0n) is 16.6. The second-order valence-corrected chi connectivity index (χ2v) is 6.79. The van der Waals surface area contributed by atoms with Crippen LogP contribution in [0.15, 0.2) is 42.5 Å². The SMILES string of the molecule is CCCCC(=O)Nc1ccc2c(c1)N(Cc1cccc(C(=O)OC)c1)C(=O)CO2. The van der Waals surface area contributed by atoms with Gasteiger partial charge in [0.2, 0.25) is 5.91 Å². The number of anilines is 2. The van der Waals surface area contributed by atoms with Crippen LogP contribution in [0.25, 0.3) is 0 Å². The van der Waals surface area contributed by atoms with E-state index in [4.69, 9.17) is 9.47 Å². The number of hydrogen-bond acceptors (Lipinski definition) is 5. The van der Waals surface area contributed by atoms with Crippen molar-refractivity contribution in [3.05, 3.63) is 53.6 Å². The number of carbonyl (C=O) groups is 3. The lowest BCUT2D eigenvalue weighted by Crippen LogP contribution is -2.38. The molecular weight excluding hydrogens is 372 g/mol. The first-order valence-corrected chi connectivity index (χ1v) is 9.56. The maximum atomic E-state index is 12.5. The third-order valence-electron chi connectivity index (χ3n) is 4.63. The van der Waals surface area contributed by atoms with Gasteiger partial charge in [0, 0.05) is 12.1 Å². The molecule has 0 bridgehead atoms. The molecule has 29 heavy (non-hydrogen) atoms. The summed E-state index contributed by atoms with van der Waals surface area (Å²) < 4.78 is 10.3. The van der Waals surface area contributed by atoms with Crippen LogP contribution < -0.4 is 15.0 Å². The Kier molecular flexibility index (Phi) is 6.49. The highest BCUT2D eigenvalue weighted by molar-refractivity contribution is 5.99. The molecule has 152 valence electrons. The minimum atomic E-state index is -0.433. The van der Waals surface area contributed by atoms with Crippen molar-refractivity contribution in [1.82, 2.24) is 0 Å². The Hall–Kier alpha value is -3.35. The molecule has 3 rings (SSSR count). The Morgan fingerprint density at radius 3 is 2.79 bits per heavy atom. The number of methoxy groups -OCH3 is 1. The monoisotopic (exact) mass is 396 g/mol. The molecule has 1 heterocycles. The van der Waals surface area contributed by atoms with E-state index in [1.54, 1.807) is 41.3 Å². The molecule has 7 heteroatoms. The van der Waals surface area contributed by atoms with Crippen LogP contribution >= 0.6 is 0 Å². The maximum Gasteiger partial charge on any atom is 0.337 e. The van der Waals surface area contributed by atoms with Crippen LogP contribution in [0.1, 0.15) is 42.1 Å². The molecule has 0 saturated carbocycles. The predicted molar refractivity (Wildman–Crippen MR) is 109 cm³/mol. The number of nitrogens with zero attached hydrogens (tertiary/aromatic N) is 1. The summed E-state index contributed by atoms with van der Waals surface area (Å²) in [4.78, 5) is 37.9. The summed E-state index contributed by atoms with van der Waals surface area (Å²) in [5, 5.41) is 2.86. The van der Waals surface area contributed by atoms with E-state index >= 15 is 0 Å². The lowest BCUT2D eigenvalue weighted by atomic mass is 10.1. The molecule has 0 radical (unpaired) electrons. The van der Waals surface area contributed by atoms with Crippen LogP contribution in [0.3, 0.4) is 0 Å². The van der Waals surface area contributed by atoms with Crippen molar-refractivity contribution in [2.24, 2.45) is 0 Å². The van der Waals surface area contributed by atoms with Gasteiger partial charge in [0.1, 0.15) is 5.75 Å². The minimum absolute atomic E-state index is 0.0628. The zero-order valence-corrected chi connectivity index (χ0v) is 16.6. The molecule has 2 aromatic carbocycles. The fourth-order valence-electron chi connectivity index (χ4n) is 3.11. The van der Waals surface area contributed by atoms with Gasteiger partial charge in [-0.1, -0.05) is 25.5 Å². The summed E-state index contributed by atoms with van der Waals surface area (Å²) in [6.07, 6.45) is 2.21. The second-order valence-electron chi connectivity index (χ2n) is 6.79. The summed E-state index contributed by atoms with van der Waals surface area (Å²) in [6, 6.07) is 12.2. The van der Waals surface area contributed by atoms with Crippen molar-refractivity contribution < 1.29 is 23.9 Å². The molecule has 1 aliphatic rings. The molecular formula is C22H24N2O5. The Morgan fingerprint density at radius 2 is 2.03 bits per heavy atom. The van der Waals surface area contributed by atoms with Gasteiger partial charge in [-0.2, -0.15) is 0 Å². The van der Waals surface area contributed by atoms with E-state index in [1.165, 1.54) is 7.11 Å². The molecule has 0 aliphatic carbocycles. The van der Waals surface area contributed by atoms with E-state index in [0.717, 1.165) is 18.4 Å². The van der Waals surface area contributed by atoms with Crippen molar-refractivity contribution in [1.29, 1.82) is 0 Å². The highest BCUT2D eigenvalue weighted by Gasteiger charge is 2.26. The number of hydrogen-bond donors (Lipinski definition) is 1. The topological polar surface area (TPSA) is 84.9 Å². The van der Waals surface area contributed by atoms with Crippen LogP contribution in [-0.2, 0) is 20.9 Å². The second kappa shape index (κ2) is 9.23. The van der Waals surface area contributed by atoms with Crippen molar-refractivity contribution >= 4 is 29.2 Å². The predicted octanol–water partition coefficient (Wildman–Crippen LogP) is 3.53. The molecule has 1 N–H and O–H groups in total. The Balaban J connectivity index is 1.84. The molecule has 2 aromatic rings. The number of carbonyl (C=O) groups excluding carboxylic acids is 3. The van der Waals surface area contributed by atoms with E-state index < -0.39 is 5.97 Å². The van der Waals surface area contributed by atoms with E-state index in [9.17, 15) is 14.4 Å². The number of benzene rings is 2. The Labute approximate surface area is 169 Å². The summed E-state index contributed by atoms with van der Waals surface area (Å²) >= 11 is 0. The van der Waals surface area contributed by atoms with E-state index in [-0.39, 0.29) is 25.0 Å². The fraction of sp³-hybridized carbons (Fsp3) is 0.318. The molecule has 0 saturated heterocycles. The number of ether oxygens (including phenoxy) is 2. The van der Waals surface area contributed by atoms with Crippen LogP contribution in [0.2, 0.25) is 0 Å². The van der Waals surface area contributed by atoms with Gasteiger partial charge in [-0.3, -0.25) is 9.59 Å². The van der Waals surface area contributed by atoms with Crippen molar-refractivity contribution in [3.63, 3.8) is 0 Å². The van der Waals surface area contributed by atoms with Crippen LogP contribution in [-0.4, -0.2) is 31.5 Å². The molecule has 0 atom stereocenters. The molecule has 2 amide bonds. The van der Waals surface area contributed by atoms with Crippen LogP contribution in [0.5, 0.6) is 5.75 Å². The summed E-state index contributed by atoms with van der Waals surface area (Å²) in [6.45, 7) is 2.24. The smallest absolute Gasteiger partial charge is 0.337 e.